The van der Waals surface area contributed by atoms with E-state index in [0.29, 0.717) is 32.3 Å². The minimum atomic E-state index is 0.413. The number of benzene rings is 1. The fourth-order valence-electron chi connectivity index (χ4n) is 1.97. The number of nitrogens with zero attached hydrogens (tertiary/aromatic N) is 4. The molecular weight excluding hydrogens is 331 g/mol. The Kier molecular flexibility index (Phi) is 3.85. The van der Waals surface area contributed by atoms with Crippen molar-refractivity contribution in [2.45, 2.75) is 0 Å². The molecule has 0 N–H and O–H groups in total. The van der Waals surface area contributed by atoms with Gasteiger partial charge < -0.3 is 0 Å². The van der Waals surface area contributed by atoms with Gasteiger partial charge in [0.2, 0.25) is 0 Å². The van der Waals surface area contributed by atoms with Crippen molar-refractivity contribution in [1.82, 2.24) is 19.7 Å². The van der Waals surface area contributed by atoms with E-state index >= 15 is 0 Å². The maximum atomic E-state index is 6.14. The average molecular weight is 340 g/mol. The third-order valence-electron chi connectivity index (χ3n) is 2.94. The molecule has 106 valence electrons. The second-order valence-electron chi connectivity index (χ2n) is 4.37. The highest BCUT2D eigenvalue weighted by Gasteiger charge is 2.16. The molecular formula is C14H9Cl3N4. The third-order valence-corrected chi connectivity index (χ3v) is 3.77. The van der Waals surface area contributed by atoms with Crippen molar-refractivity contribution in [1.29, 1.82) is 0 Å². The van der Waals surface area contributed by atoms with Crippen LogP contribution in [-0.2, 0) is 7.05 Å². The first-order valence-corrected chi connectivity index (χ1v) is 7.16. The van der Waals surface area contributed by atoms with Crippen molar-refractivity contribution < 1.29 is 0 Å². The molecule has 0 radical (unpaired) electrons. The molecule has 2 aromatic heterocycles. The van der Waals surface area contributed by atoms with Crippen LogP contribution in [0.2, 0.25) is 15.1 Å². The zero-order chi connectivity index (χ0) is 15.0. The smallest absolute Gasteiger partial charge is 0.184 e. The predicted molar refractivity (Wildman–Crippen MR) is 84.7 cm³/mol. The summed E-state index contributed by atoms with van der Waals surface area (Å²) in [5.74, 6) is 1.16. The summed E-state index contributed by atoms with van der Waals surface area (Å²) >= 11 is 18.2. The second kappa shape index (κ2) is 5.64. The molecule has 0 aliphatic carbocycles. The van der Waals surface area contributed by atoms with Gasteiger partial charge in [-0.25, -0.2) is 9.67 Å². The summed E-state index contributed by atoms with van der Waals surface area (Å²) in [6.07, 6.45) is 3.03. The van der Waals surface area contributed by atoms with Gasteiger partial charge in [0, 0.05) is 30.0 Å². The Balaban J connectivity index is 2.12. The number of rotatable bonds is 2. The van der Waals surface area contributed by atoms with Crippen molar-refractivity contribution >= 4 is 34.8 Å². The molecule has 3 aromatic rings. The summed E-state index contributed by atoms with van der Waals surface area (Å²) in [4.78, 5) is 8.44. The van der Waals surface area contributed by atoms with Crippen LogP contribution in [0.4, 0.5) is 0 Å². The first-order valence-electron chi connectivity index (χ1n) is 6.02. The maximum Gasteiger partial charge on any atom is 0.184 e. The van der Waals surface area contributed by atoms with E-state index in [2.05, 4.69) is 15.1 Å². The van der Waals surface area contributed by atoms with Crippen LogP contribution in [0.1, 0.15) is 0 Å². The van der Waals surface area contributed by atoms with E-state index in [4.69, 9.17) is 34.8 Å². The quantitative estimate of drug-likeness (QED) is 0.690. The van der Waals surface area contributed by atoms with Gasteiger partial charge in [0.05, 0.1) is 15.6 Å². The van der Waals surface area contributed by atoms with Gasteiger partial charge in [-0.15, -0.1) is 0 Å². The van der Waals surface area contributed by atoms with Crippen LogP contribution in [-0.4, -0.2) is 19.7 Å². The minimum Gasteiger partial charge on any atom is -0.262 e. The molecule has 0 amide bonds. The molecule has 4 nitrogen and oxygen atoms in total. The van der Waals surface area contributed by atoms with Gasteiger partial charge in [-0.1, -0.05) is 34.8 Å². The van der Waals surface area contributed by atoms with E-state index in [1.54, 1.807) is 16.8 Å². The standard InChI is InChI=1S/C14H9Cl3N4/c1-21-14(8-2-4-9(15)5-3-8)19-13(20-21)12-10(16)6-18-7-11(12)17/h2-7H,1H3. The zero-order valence-electron chi connectivity index (χ0n) is 10.9. The van der Waals surface area contributed by atoms with Gasteiger partial charge >= 0.3 is 0 Å². The molecule has 0 saturated carbocycles. The lowest BCUT2D eigenvalue weighted by atomic mass is 10.2. The van der Waals surface area contributed by atoms with E-state index < -0.39 is 0 Å². The fraction of sp³-hybridized carbons (Fsp3) is 0.0714. The number of halogens is 3. The Hall–Kier alpha value is -1.62. The fourth-order valence-corrected chi connectivity index (χ4v) is 2.63. The summed E-state index contributed by atoms with van der Waals surface area (Å²) in [7, 11) is 1.81. The summed E-state index contributed by atoms with van der Waals surface area (Å²) < 4.78 is 1.67. The summed E-state index contributed by atoms with van der Waals surface area (Å²) in [6, 6.07) is 7.37. The number of aryl methyl sites for hydroxylation is 1. The number of hydrogen-bond acceptors (Lipinski definition) is 3. The molecule has 0 aliphatic rings. The summed E-state index contributed by atoms with van der Waals surface area (Å²) in [5, 5.41) is 5.87. The van der Waals surface area contributed by atoms with Gasteiger partial charge in [-0.2, -0.15) is 5.10 Å². The predicted octanol–water partition coefficient (Wildman–Crippen LogP) is 4.50. The monoisotopic (exact) mass is 338 g/mol. The SMILES string of the molecule is Cn1nc(-c2c(Cl)cncc2Cl)nc1-c1ccc(Cl)cc1. The highest BCUT2D eigenvalue weighted by molar-refractivity contribution is 6.38. The van der Waals surface area contributed by atoms with Crippen molar-refractivity contribution in [2.75, 3.05) is 0 Å². The van der Waals surface area contributed by atoms with Crippen LogP contribution in [0.3, 0.4) is 0 Å². The molecule has 0 bridgehead atoms. The van der Waals surface area contributed by atoms with Crippen LogP contribution in [0.25, 0.3) is 22.8 Å². The molecule has 0 unspecified atom stereocenters. The first kappa shape index (κ1) is 14.3. The maximum absolute atomic E-state index is 6.14. The van der Waals surface area contributed by atoms with Gasteiger partial charge in [0.15, 0.2) is 11.6 Å². The van der Waals surface area contributed by atoms with E-state index in [1.165, 1.54) is 12.4 Å². The Morgan fingerprint density at radius 1 is 0.952 bits per heavy atom. The van der Waals surface area contributed by atoms with E-state index in [0.717, 1.165) is 5.56 Å². The van der Waals surface area contributed by atoms with E-state index in [9.17, 15) is 0 Å². The van der Waals surface area contributed by atoms with Gasteiger partial charge in [0.25, 0.3) is 0 Å². The lowest BCUT2D eigenvalue weighted by Gasteiger charge is -2.00. The molecule has 1 aromatic carbocycles. The van der Waals surface area contributed by atoms with Crippen LogP contribution in [0, 0.1) is 0 Å². The summed E-state index contributed by atoms with van der Waals surface area (Å²) in [5.41, 5.74) is 1.48. The van der Waals surface area contributed by atoms with Gasteiger partial charge in [0.1, 0.15) is 0 Å². The average Bonchev–Trinajstić information content (AvgIpc) is 2.81. The van der Waals surface area contributed by atoms with Crippen molar-refractivity contribution in [3.8, 4) is 22.8 Å². The second-order valence-corrected chi connectivity index (χ2v) is 5.62. The molecule has 0 saturated heterocycles. The molecule has 0 spiro atoms. The van der Waals surface area contributed by atoms with Crippen LogP contribution in [0.5, 0.6) is 0 Å². The number of aromatic nitrogens is 4. The van der Waals surface area contributed by atoms with Crippen LogP contribution < -0.4 is 0 Å². The highest BCUT2D eigenvalue weighted by Crippen LogP contribution is 2.32. The molecule has 3 rings (SSSR count). The van der Waals surface area contributed by atoms with Crippen molar-refractivity contribution in [3.63, 3.8) is 0 Å². The van der Waals surface area contributed by atoms with Crippen LogP contribution >= 0.6 is 34.8 Å². The topological polar surface area (TPSA) is 43.6 Å². The van der Waals surface area contributed by atoms with E-state index in [-0.39, 0.29) is 0 Å². The largest absolute Gasteiger partial charge is 0.262 e. The molecule has 0 atom stereocenters. The summed E-state index contributed by atoms with van der Waals surface area (Å²) in [6.45, 7) is 0. The highest BCUT2D eigenvalue weighted by atomic mass is 35.5. The Labute approximate surface area is 136 Å². The lowest BCUT2D eigenvalue weighted by molar-refractivity contribution is 0.777. The molecule has 21 heavy (non-hydrogen) atoms. The van der Waals surface area contributed by atoms with Crippen molar-refractivity contribution in [2.24, 2.45) is 7.05 Å². The lowest BCUT2D eigenvalue weighted by Crippen LogP contribution is -1.94. The third kappa shape index (κ3) is 2.75. The number of hydrogen-bond donors (Lipinski definition) is 0. The Morgan fingerprint density at radius 3 is 2.19 bits per heavy atom. The molecule has 0 fully saturated rings. The molecule has 0 aliphatic heterocycles. The van der Waals surface area contributed by atoms with Crippen LogP contribution in [0.15, 0.2) is 36.7 Å². The molecule has 7 heteroatoms. The number of pyridine rings is 1. The van der Waals surface area contributed by atoms with Gasteiger partial charge in [-0.05, 0) is 24.3 Å². The van der Waals surface area contributed by atoms with E-state index in [1.807, 2.05) is 19.2 Å². The van der Waals surface area contributed by atoms with Gasteiger partial charge in [-0.3, -0.25) is 4.98 Å². The van der Waals surface area contributed by atoms with Crippen molar-refractivity contribution in [3.05, 3.63) is 51.7 Å². The normalized spacial score (nSPS) is 10.9. The zero-order valence-corrected chi connectivity index (χ0v) is 13.2. The Bertz CT molecular complexity index is 776. The first-order chi connectivity index (χ1) is 10.1. The Morgan fingerprint density at radius 2 is 1.57 bits per heavy atom. The molecule has 2 heterocycles. The minimum absolute atomic E-state index is 0.413.